The Morgan fingerprint density at radius 2 is 2.20 bits per heavy atom. The molecule has 0 amide bonds. The van der Waals surface area contributed by atoms with Crippen molar-refractivity contribution in [1.82, 2.24) is 14.5 Å². The molecular weight excluding hydrogens is 256 g/mol. The van der Waals surface area contributed by atoms with Crippen LogP contribution in [0.1, 0.15) is 0 Å². The zero-order valence-electron chi connectivity index (χ0n) is 10.7. The number of fused-ring (bicyclic) bond motifs is 1. The van der Waals surface area contributed by atoms with Gasteiger partial charge in [-0.05, 0) is 24.3 Å². The van der Waals surface area contributed by atoms with Crippen LogP contribution < -0.4 is 16.2 Å². The van der Waals surface area contributed by atoms with Crippen LogP contribution in [0.4, 0.5) is 0 Å². The molecule has 0 radical (unpaired) electrons. The summed E-state index contributed by atoms with van der Waals surface area (Å²) in [6, 6.07) is 10.9. The van der Waals surface area contributed by atoms with E-state index in [4.69, 9.17) is 10.5 Å². The summed E-state index contributed by atoms with van der Waals surface area (Å²) in [5, 5.41) is 0. The topological polar surface area (TPSA) is 85.9 Å². The number of hydrogen-bond donors (Lipinski definition) is 2. The fourth-order valence-corrected chi connectivity index (χ4v) is 2.07. The van der Waals surface area contributed by atoms with Gasteiger partial charge in [-0.1, -0.05) is 6.07 Å². The first-order valence-electron chi connectivity index (χ1n) is 6.28. The zero-order valence-corrected chi connectivity index (χ0v) is 10.7. The van der Waals surface area contributed by atoms with Crippen molar-refractivity contribution in [2.24, 2.45) is 5.73 Å². The number of aromatic amines is 1. The average Bonchev–Trinajstić information content (AvgIpc) is 2.81. The van der Waals surface area contributed by atoms with E-state index in [9.17, 15) is 4.79 Å². The second kappa shape index (κ2) is 5.18. The van der Waals surface area contributed by atoms with Gasteiger partial charge in [0.05, 0.1) is 11.2 Å². The Bertz CT molecular complexity index is 791. The number of nitrogens with one attached hydrogen (secondary N) is 1. The van der Waals surface area contributed by atoms with E-state index in [0.717, 1.165) is 0 Å². The van der Waals surface area contributed by atoms with Crippen LogP contribution in [-0.4, -0.2) is 27.7 Å². The molecular formula is C14H14N4O2. The molecule has 0 atom stereocenters. The Hall–Kier alpha value is -2.60. The highest BCUT2D eigenvalue weighted by Gasteiger charge is 2.09. The number of hydrogen-bond acceptors (Lipinski definition) is 4. The number of rotatable bonds is 4. The van der Waals surface area contributed by atoms with Gasteiger partial charge in [0.2, 0.25) is 0 Å². The molecule has 3 rings (SSSR count). The summed E-state index contributed by atoms with van der Waals surface area (Å²) in [7, 11) is 0. The van der Waals surface area contributed by atoms with Crippen LogP contribution in [0.5, 0.6) is 5.75 Å². The van der Waals surface area contributed by atoms with E-state index in [1.807, 2.05) is 24.3 Å². The van der Waals surface area contributed by atoms with E-state index in [2.05, 4.69) is 9.97 Å². The molecule has 6 nitrogen and oxygen atoms in total. The van der Waals surface area contributed by atoms with Crippen LogP contribution >= 0.6 is 0 Å². The Labute approximate surface area is 114 Å². The van der Waals surface area contributed by atoms with E-state index in [0.29, 0.717) is 35.8 Å². The quantitative estimate of drug-likeness (QED) is 0.742. The number of imidazole rings is 1. The van der Waals surface area contributed by atoms with Crippen molar-refractivity contribution in [3.63, 3.8) is 0 Å². The highest BCUT2D eigenvalue weighted by molar-refractivity contribution is 5.72. The van der Waals surface area contributed by atoms with Crippen LogP contribution in [0.25, 0.3) is 16.9 Å². The van der Waals surface area contributed by atoms with Crippen molar-refractivity contribution in [2.75, 3.05) is 13.2 Å². The monoisotopic (exact) mass is 270 g/mol. The SMILES string of the molecule is NCCOc1cccc(-n2c(=O)[nH]c3cccnc32)c1. The van der Waals surface area contributed by atoms with Gasteiger partial charge in [-0.3, -0.25) is 0 Å². The Kier molecular flexibility index (Phi) is 3.22. The van der Waals surface area contributed by atoms with Crippen molar-refractivity contribution in [1.29, 1.82) is 0 Å². The number of aromatic nitrogens is 3. The Morgan fingerprint density at radius 1 is 1.30 bits per heavy atom. The standard InChI is InChI=1S/C14H14N4O2/c15-6-8-20-11-4-1-3-10(9-11)18-13-12(17-14(18)19)5-2-7-16-13/h1-5,7,9H,6,8,15H2,(H,17,19). The third-order valence-electron chi connectivity index (χ3n) is 2.91. The van der Waals surface area contributed by atoms with Crippen LogP contribution in [-0.2, 0) is 0 Å². The van der Waals surface area contributed by atoms with E-state index < -0.39 is 0 Å². The van der Waals surface area contributed by atoms with E-state index in [1.165, 1.54) is 4.57 Å². The molecule has 0 aliphatic carbocycles. The van der Waals surface area contributed by atoms with E-state index in [1.54, 1.807) is 18.3 Å². The summed E-state index contributed by atoms with van der Waals surface area (Å²) in [6.45, 7) is 0.878. The molecule has 0 fully saturated rings. The van der Waals surface area contributed by atoms with Crippen molar-refractivity contribution in [3.8, 4) is 11.4 Å². The molecule has 2 aromatic heterocycles. The van der Waals surface area contributed by atoms with Gasteiger partial charge in [-0.2, -0.15) is 0 Å². The lowest BCUT2D eigenvalue weighted by Crippen LogP contribution is -2.15. The Morgan fingerprint density at radius 3 is 3.05 bits per heavy atom. The minimum atomic E-state index is -0.227. The third-order valence-corrected chi connectivity index (χ3v) is 2.91. The van der Waals surface area contributed by atoms with Crippen molar-refractivity contribution >= 4 is 11.2 Å². The molecule has 0 aliphatic rings. The predicted molar refractivity (Wildman–Crippen MR) is 76.2 cm³/mol. The van der Waals surface area contributed by atoms with Gasteiger partial charge in [-0.15, -0.1) is 0 Å². The van der Waals surface area contributed by atoms with Gasteiger partial charge >= 0.3 is 5.69 Å². The summed E-state index contributed by atoms with van der Waals surface area (Å²) in [5.41, 5.74) is 7.18. The number of pyridine rings is 1. The fraction of sp³-hybridized carbons (Fsp3) is 0.143. The average molecular weight is 270 g/mol. The second-order valence-electron chi connectivity index (χ2n) is 4.27. The van der Waals surface area contributed by atoms with Gasteiger partial charge in [0.15, 0.2) is 5.65 Å². The van der Waals surface area contributed by atoms with Crippen LogP contribution in [0.2, 0.25) is 0 Å². The Balaban J connectivity index is 2.11. The molecule has 102 valence electrons. The first kappa shape index (κ1) is 12.4. The molecule has 1 aromatic carbocycles. The fourth-order valence-electron chi connectivity index (χ4n) is 2.07. The highest BCUT2D eigenvalue weighted by atomic mass is 16.5. The number of H-pyrrole nitrogens is 1. The normalized spacial score (nSPS) is 10.8. The zero-order chi connectivity index (χ0) is 13.9. The summed E-state index contributed by atoms with van der Waals surface area (Å²) in [5.74, 6) is 0.671. The lowest BCUT2D eigenvalue weighted by molar-refractivity contribution is 0.328. The van der Waals surface area contributed by atoms with Crippen molar-refractivity contribution in [2.45, 2.75) is 0 Å². The largest absolute Gasteiger partial charge is 0.492 e. The van der Waals surface area contributed by atoms with Gasteiger partial charge in [-0.25, -0.2) is 14.3 Å². The molecule has 6 heteroatoms. The first-order valence-corrected chi connectivity index (χ1v) is 6.28. The molecule has 3 aromatic rings. The van der Waals surface area contributed by atoms with Crippen LogP contribution in [0.15, 0.2) is 47.4 Å². The minimum absolute atomic E-state index is 0.227. The maximum atomic E-state index is 12.1. The van der Waals surface area contributed by atoms with Gasteiger partial charge in [0.1, 0.15) is 12.4 Å². The second-order valence-corrected chi connectivity index (χ2v) is 4.27. The summed E-state index contributed by atoms with van der Waals surface area (Å²) in [4.78, 5) is 19.1. The van der Waals surface area contributed by atoms with Crippen molar-refractivity contribution < 1.29 is 4.74 Å². The molecule has 3 N–H and O–H groups in total. The molecule has 2 heterocycles. The lowest BCUT2D eigenvalue weighted by atomic mass is 10.3. The molecule has 0 saturated heterocycles. The predicted octanol–water partition coefficient (Wildman–Crippen LogP) is 1.05. The number of ether oxygens (including phenoxy) is 1. The smallest absolute Gasteiger partial charge is 0.332 e. The number of benzene rings is 1. The highest BCUT2D eigenvalue weighted by Crippen LogP contribution is 2.18. The maximum absolute atomic E-state index is 12.1. The van der Waals surface area contributed by atoms with Crippen LogP contribution in [0.3, 0.4) is 0 Å². The number of nitrogens with two attached hydrogens (primary N) is 1. The first-order chi connectivity index (χ1) is 9.79. The molecule has 0 saturated carbocycles. The molecule has 20 heavy (non-hydrogen) atoms. The molecule has 0 bridgehead atoms. The van der Waals surface area contributed by atoms with Crippen molar-refractivity contribution in [3.05, 3.63) is 53.1 Å². The van der Waals surface area contributed by atoms with Gasteiger partial charge in [0.25, 0.3) is 0 Å². The van der Waals surface area contributed by atoms with E-state index in [-0.39, 0.29) is 5.69 Å². The molecule has 0 spiro atoms. The van der Waals surface area contributed by atoms with Gasteiger partial charge < -0.3 is 15.5 Å². The molecule has 0 unspecified atom stereocenters. The summed E-state index contributed by atoms with van der Waals surface area (Å²) < 4.78 is 6.99. The summed E-state index contributed by atoms with van der Waals surface area (Å²) in [6.07, 6.45) is 1.65. The van der Waals surface area contributed by atoms with E-state index >= 15 is 0 Å². The van der Waals surface area contributed by atoms with Gasteiger partial charge in [0, 0.05) is 18.8 Å². The maximum Gasteiger partial charge on any atom is 0.332 e. The molecule has 0 aliphatic heterocycles. The lowest BCUT2D eigenvalue weighted by Gasteiger charge is -2.07. The third kappa shape index (κ3) is 2.17. The van der Waals surface area contributed by atoms with Crippen LogP contribution in [0, 0.1) is 0 Å². The number of nitrogens with zero attached hydrogens (tertiary/aromatic N) is 2. The summed E-state index contributed by atoms with van der Waals surface area (Å²) >= 11 is 0. The minimum Gasteiger partial charge on any atom is -0.492 e.